The summed E-state index contributed by atoms with van der Waals surface area (Å²) >= 11 is 0. The van der Waals surface area contributed by atoms with Gasteiger partial charge >= 0.3 is 0 Å². The zero-order valence-electron chi connectivity index (χ0n) is 15.3. The molecule has 0 spiro atoms. The molecule has 2 aromatic rings. The summed E-state index contributed by atoms with van der Waals surface area (Å²) in [5.74, 6) is 0.00256. The van der Waals surface area contributed by atoms with Gasteiger partial charge in [0.05, 0.1) is 22.4 Å². The van der Waals surface area contributed by atoms with Crippen LogP contribution in [0, 0.1) is 34.0 Å². The van der Waals surface area contributed by atoms with E-state index in [2.05, 4.69) is 0 Å². The van der Waals surface area contributed by atoms with E-state index in [1.807, 2.05) is 6.07 Å². The lowest BCUT2D eigenvalue weighted by Gasteiger charge is -2.08. The molecular formula is C21H13N5O3. The third-order valence-electron chi connectivity index (χ3n) is 4.39. The predicted octanol–water partition coefficient (Wildman–Crippen LogP) is 2.73. The zero-order chi connectivity index (χ0) is 21.1. The molecule has 0 radical (unpaired) electrons. The summed E-state index contributed by atoms with van der Waals surface area (Å²) in [4.78, 5) is 25.7. The molecule has 0 saturated heterocycles. The minimum atomic E-state index is -0.369. The SMILES string of the molecule is CCN1C(=O)c2ccc(-c3ccc(/C=C(\C#N)C(N)=C(C#N)C#N)o3)cc2C1=O. The molecule has 1 aromatic carbocycles. The third kappa shape index (κ3) is 3.25. The van der Waals surface area contributed by atoms with E-state index in [4.69, 9.17) is 20.7 Å². The van der Waals surface area contributed by atoms with Crippen molar-refractivity contribution in [3.05, 3.63) is 64.1 Å². The molecule has 2 amide bonds. The Labute approximate surface area is 166 Å². The number of benzene rings is 1. The molecule has 29 heavy (non-hydrogen) atoms. The van der Waals surface area contributed by atoms with Crippen LogP contribution in [0.1, 0.15) is 33.4 Å². The molecule has 2 heterocycles. The molecule has 1 aliphatic rings. The average Bonchev–Trinajstić information content (AvgIpc) is 3.29. The molecule has 0 bridgehead atoms. The monoisotopic (exact) mass is 383 g/mol. The van der Waals surface area contributed by atoms with Crippen LogP contribution in [0.5, 0.6) is 0 Å². The Morgan fingerprint density at radius 1 is 1.07 bits per heavy atom. The van der Waals surface area contributed by atoms with E-state index in [0.717, 1.165) is 0 Å². The minimum absolute atomic E-state index is 0.0858. The highest BCUT2D eigenvalue weighted by Gasteiger charge is 2.34. The maximum absolute atomic E-state index is 12.4. The molecule has 0 unspecified atom stereocenters. The summed E-state index contributed by atoms with van der Waals surface area (Å²) in [5.41, 5.74) is 6.24. The van der Waals surface area contributed by atoms with E-state index in [0.29, 0.717) is 22.5 Å². The van der Waals surface area contributed by atoms with E-state index in [9.17, 15) is 14.9 Å². The standard InChI is InChI=1S/C21H13N5O3/c1-2-26-20(27)16-5-3-12(8-17(16)21(26)28)18-6-4-15(29-18)7-13(9-22)19(25)14(10-23)11-24/h3-8H,2,25H2,1H3/b13-7+. The van der Waals surface area contributed by atoms with Crippen molar-refractivity contribution in [3.8, 4) is 29.5 Å². The summed E-state index contributed by atoms with van der Waals surface area (Å²) in [5, 5.41) is 27.0. The van der Waals surface area contributed by atoms with Crippen molar-refractivity contribution in [2.45, 2.75) is 6.92 Å². The Kier molecular flexibility index (Phi) is 4.99. The first-order valence-electron chi connectivity index (χ1n) is 8.47. The van der Waals surface area contributed by atoms with Crippen molar-refractivity contribution in [2.75, 3.05) is 6.54 Å². The van der Waals surface area contributed by atoms with Crippen LogP contribution in [-0.4, -0.2) is 23.3 Å². The van der Waals surface area contributed by atoms with Gasteiger partial charge in [0.2, 0.25) is 0 Å². The van der Waals surface area contributed by atoms with E-state index >= 15 is 0 Å². The second-order valence-electron chi connectivity index (χ2n) is 6.00. The Morgan fingerprint density at radius 2 is 1.76 bits per heavy atom. The Bertz CT molecular complexity index is 1210. The molecule has 0 aliphatic carbocycles. The first-order valence-corrected chi connectivity index (χ1v) is 8.47. The molecule has 8 nitrogen and oxygen atoms in total. The molecular weight excluding hydrogens is 370 g/mol. The van der Waals surface area contributed by atoms with Crippen LogP contribution >= 0.6 is 0 Å². The van der Waals surface area contributed by atoms with Crippen molar-refractivity contribution >= 4 is 17.9 Å². The van der Waals surface area contributed by atoms with Crippen LogP contribution < -0.4 is 5.73 Å². The van der Waals surface area contributed by atoms with Gasteiger partial charge in [-0.05, 0) is 31.2 Å². The fraction of sp³-hybridized carbons (Fsp3) is 0.0952. The molecule has 0 atom stereocenters. The number of rotatable bonds is 4. The normalized spacial score (nSPS) is 12.8. The maximum atomic E-state index is 12.4. The zero-order valence-corrected chi connectivity index (χ0v) is 15.3. The van der Waals surface area contributed by atoms with Gasteiger partial charge in [-0.15, -0.1) is 0 Å². The van der Waals surface area contributed by atoms with Crippen molar-refractivity contribution in [1.82, 2.24) is 4.90 Å². The summed E-state index contributed by atoms with van der Waals surface area (Å²) in [6.07, 6.45) is 1.31. The topological polar surface area (TPSA) is 148 Å². The lowest BCUT2D eigenvalue weighted by molar-refractivity contribution is 0.0663. The summed E-state index contributed by atoms with van der Waals surface area (Å²) < 4.78 is 5.69. The van der Waals surface area contributed by atoms with E-state index in [-0.39, 0.29) is 41.0 Å². The Balaban J connectivity index is 1.98. The van der Waals surface area contributed by atoms with Crippen LogP contribution in [0.4, 0.5) is 0 Å². The molecule has 3 rings (SSSR count). The second-order valence-corrected chi connectivity index (χ2v) is 6.00. The van der Waals surface area contributed by atoms with E-state index < -0.39 is 0 Å². The number of carbonyl (C=O) groups excluding carboxylic acids is 2. The summed E-state index contributed by atoms with van der Waals surface area (Å²) in [7, 11) is 0. The number of fused-ring (bicyclic) bond motifs is 1. The Morgan fingerprint density at radius 3 is 2.38 bits per heavy atom. The highest BCUT2D eigenvalue weighted by atomic mass is 16.3. The van der Waals surface area contributed by atoms with Gasteiger partial charge in [0, 0.05) is 18.2 Å². The number of nitrogens with zero attached hydrogens (tertiary/aromatic N) is 4. The van der Waals surface area contributed by atoms with Crippen molar-refractivity contribution in [1.29, 1.82) is 15.8 Å². The van der Waals surface area contributed by atoms with Crippen molar-refractivity contribution in [3.63, 3.8) is 0 Å². The van der Waals surface area contributed by atoms with Crippen LogP contribution in [0.25, 0.3) is 17.4 Å². The van der Waals surface area contributed by atoms with Gasteiger partial charge in [0.25, 0.3) is 11.8 Å². The second kappa shape index (κ2) is 7.56. The number of allylic oxidation sites excluding steroid dienone is 2. The minimum Gasteiger partial charge on any atom is -0.457 e. The van der Waals surface area contributed by atoms with Crippen LogP contribution in [0.3, 0.4) is 0 Å². The van der Waals surface area contributed by atoms with Crippen LogP contribution in [0.15, 0.2) is 51.6 Å². The number of imide groups is 1. The molecule has 140 valence electrons. The van der Waals surface area contributed by atoms with E-state index in [1.54, 1.807) is 49.4 Å². The van der Waals surface area contributed by atoms with Gasteiger partial charge in [0.15, 0.2) is 5.57 Å². The van der Waals surface area contributed by atoms with Gasteiger partial charge in [0.1, 0.15) is 29.7 Å². The van der Waals surface area contributed by atoms with E-state index in [1.165, 1.54) is 11.0 Å². The van der Waals surface area contributed by atoms with Crippen LogP contribution in [-0.2, 0) is 0 Å². The predicted molar refractivity (Wildman–Crippen MR) is 101 cm³/mol. The quantitative estimate of drug-likeness (QED) is 0.485. The highest BCUT2D eigenvalue weighted by molar-refractivity contribution is 6.21. The molecule has 0 saturated carbocycles. The van der Waals surface area contributed by atoms with Gasteiger partial charge in [-0.25, -0.2) is 0 Å². The molecule has 2 N–H and O–H groups in total. The molecule has 8 heteroatoms. The van der Waals surface area contributed by atoms with Crippen molar-refractivity contribution in [2.24, 2.45) is 5.73 Å². The van der Waals surface area contributed by atoms with Gasteiger partial charge in [-0.3, -0.25) is 14.5 Å². The lowest BCUT2D eigenvalue weighted by Crippen LogP contribution is -2.29. The Hall–Kier alpha value is -4.61. The fourth-order valence-corrected chi connectivity index (χ4v) is 2.91. The van der Waals surface area contributed by atoms with Gasteiger partial charge in [-0.1, -0.05) is 6.07 Å². The number of nitriles is 3. The number of carbonyl (C=O) groups is 2. The molecule has 0 fully saturated rings. The number of furan rings is 1. The van der Waals surface area contributed by atoms with Gasteiger partial charge < -0.3 is 10.2 Å². The van der Waals surface area contributed by atoms with Crippen LogP contribution in [0.2, 0.25) is 0 Å². The van der Waals surface area contributed by atoms with Gasteiger partial charge in [-0.2, -0.15) is 15.8 Å². The summed E-state index contributed by atoms with van der Waals surface area (Å²) in [6.45, 7) is 2.02. The highest BCUT2D eigenvalue weighted by Crippen LogP contribution is 2.30. The number of nitrogens with two attached hydrogens (primary N) is 1. The average molecular weight is 383 g/mol. The number of hydrogen-bond donors (Lipinski definition) is 1. The molecule has 1 aliphatic heterocycles. The summed E-state index contributed by atoms with van der Waals surface area (Å²) in [6, 6.07) is 13.1. The first-order chi connectivity index (χ1) is 13.9. The fourth-order valence-electron chi connectivity index (χ4n) is 2.91. The smallest absolute Gasteiger partial charge is 0.261 e. The maximum Gasteiger partial charge on any atom is 0.261 e. The lowest BCUT2D eigenvalue weighted by atomic mass is 10.0. The van der Waals surface area contributed by atoms with Crippen molar-refractivity contribution < 1.29 is 14.0 Å². The number of hydrogen-bond acceptors (Lipinski definition) is 7. The largest absolute Gasteiger partial charge is 0.457 e. The molecule has 1 aromatic heterocycles. The third-order valence-corrected chi connectivity index (χ3v) is 4.39. The number of amides is 2. The first kappa shape index (κ1) is 19.2.